The van der Waals surface area contributed by atoms with Gasteiger partial charge >= 0.3 is 0 Å². The molecule has 1 aromatic rings. The van der Waals surface area contributed by atoms with E-state index in [1.165, 1.54) is 38.5 Å². The third kappa shape index (κ3) is 2.83. The highest BCUT2D eigenvalue weighted by atomic mass is 79.9. The molecule has 5 rings (SSSR count). The van der Waals surface area contributed by atoms with E-state index >= 15 is 0 Å². The first-order chi connectivity index (χ1) is 11.3. The lowest BCUT2D eigenvalue weighted by Gasteiger charge is -2.57. The van der Waals surface area contributed by atoms with Crippen molar-refractivity contribution in [3.05, 3.63) is 15.9 Å². The molecule has 4 aliphatic rings. The van der Waals surface area contributed by atoms with Crippen LogP contribution >= 0.6 is 15.9 Å². The number of hydrogen-bond donors (Lipinski definition) is 1. The summed E-state index contributed by atoms with van der Waals surface area (Å²) in [6.07, 6.45) is 7.86. The summed E-state index contributed by atoms with van der Waals surface area (Å²) in [5.41, 5.74) is 2.19. The third-order valence-corrected chi connectivity index (χ3v) is 7.76. The van der Waals surface area contributed by atoms with E-state index in [2.05, 4.69) is 26.3 Å². The maximum absolute atomic E-state index is 12.9. The summed E-state index contributed by atoms with van der Waals surface area (Å²) in [4.78, 5) is 12.9. The van der Waals surface area contributed by atoms with E-state index in [9.17, 15) is 4.79 Å². The van der Waals surface area contributed by atoms with Gasteiger partial charge in [0.05, 0.1) is 22.6 Å². The van der Waals surface area contributed by atoms with Crippen LogP contribution in [0.25, 0.3) is 0 Å². The highest BCUT2D eigenvalue weighted by molar-refractivity contribution is 9.10. The molecule has 1 N–H and O–H groups in total. The fourth-order valence-electron chi connectivity index (χ4n) is 5.84. The maximum Gasteiger partial charge on any atom is 0.225 e. The molecule has 0 radical (unpaired) electrons. The van der Waals surface area contributed by atoms with Crippen LogP contribution < -0.4 is 5.32 Å². The summed E-state index contributed by atoms with van der Waals surface area (Å²) in [6, 6.07) is 0. The van der Waals surface area contributed by atoms with Crippen LogP contribution in [0, 0.1) is 37.5 Å². The Morgan fingerprint density at radius 1 is 1.25 bits per heavy atom. The van der Waals surface area contributed by atoms with Crippen LogP contribution in [0.4, 0.5) is 0 Å². The van der Waals surface area contributed by atoms with Crippen molar-refractivity contribution in [3.63, 3.8) is 0 Å². The standard InChI is InChI=1S/C19H28BrN3O/c1-11(10-23-13(3)17(20)12(2)22-23)18(24)21-19-7-14-4-15(8-19)6-16(5-14)9-19/h11,14-16H,4-10H2,1-3H3,(H,21,24). The molecule has 1 unspecified atom stereocenters. The van der Waals surface area contributed by atoms with Crippen LogP contribution in [0.15, 0.2) is 4.47 Å². The zero-order chi connectivity index (χ0) is 17.1. The maximum atomic E-state index is 12.9. The molecule has 0 aromatic carbocycles. The number of nitrogens with zero attached hydrogens (tertiary/aromatic N) is 2. The molecule has 132 valence electrons. The minimum Gasteiger partial charge on any atom is -0.350 e. The number of carbonyl (C=O) groups excluding carboxylic acids is 1. The summed E-state index contributed by atoms with van der Waals surface area (Å²) < 4.78 is 3.01. The molecule has 4 bridgehead atoms. The predicted molar refractivity (Wildman–Crippen MR) is 97.6 cm³/mol. The van der Waals surface area contributed by atoms with Crippen LogP contribution in [0.5, 0.6) is 0 Å². The van der Waals surface area contributed by atoms with Crippen LogP contribution in [0.1, 0.15) is 56.8 Å². The minimum atomic E-state index is -0.0529. The van der Waals surface area contributed by atoms with Gasteiger partial charge in [0.1, 0.15) is 0 Å². The zero-order valence-corrected chi connectivity index (χ0v) is 16.5. The first-order valence-electron chi connectivity index (χ1n) is 9.37. The van der Waals surface area contributed by atoms with Crippen molar-refractivity contribution in [2.45, 2.75) is 71.4 Å². The zero-order valence-electron chi connectivity index (χ0n) is 14.9. The van der Waals surface area contributed by atoms with Crippen LogP contribution in [-0.4, -0.2) is 21.2 Å². The van der Waals surface area contributed by atoms with Crippen LogP contribution in [0.2, 0.25) is 0 Å². The number of hydrogen-bond acceptors (Lipinski definition) is 2. The molecular formula is C19H28BrN3O. The van der Waals surface area contributed by atoms with Gasteiger partial charge in [-0.2, -0.15) is 5.10 Å². The molecule has 1 heterocycles. The second-order valence-electron chi connectivity index (χ2n) is 8.76. The molecule has 1 aromatic heterocycles. The molecule has 4 fully saturated rings. The van der Waals surface area contributed by atoms with Crippen molar-refractivity contribution in [2.75, 3.05) is 0 Å². The Morgan fingerprint density at radius 3 is 2.25 bits per heavy atom. The Kier molecular flexibility index (Phi) is 4.06. The van der Waals surface area contributed by atoms with Crippen molar-refractivity contribution in [3.8, 4) is 0 Å². The molecule has 1 amide bonds. The molecular weight excluding hydrogens is 366 g/mol. The SMILES string of the molecule is Cc1nn(CC(C)C(=O)NC23CC4CC(CC(C4)C2)C3)c(C)c1Br. The summed E-state index contributed by atoms with van der Waals surface area (Å²) in [7, 11) is 0. The van der Waals surface area contributed by atoms with E-state index in [1.54, 1.807) is 0 Å². The first-order valence-corrected chi connectivity index (χ1v) is 10.2. The summed E-state index contributed by atoms with van der Waals surface area (Å²) >= 11 is 3.57. The van der Waals surface area contributed by atoms with Gasteiger partial charge < -0.3 is 5.32 Å². The molecule has 4 nitrogen and oxygen atoms in total. The second-order valence-corrected chi connectivity index (χ2v) is 9.55. The highest BCUT2D eigenvalue weighted by Crippen LogP contribution is 2.55. The Morgan fingerprint density at radius 2 is 1.79 bits per heavy atom. The molecule has 0 spiro atoms. The van der Waals surface area contributed by atoms with Gasteiger partial charge in [0.2, 0.25) is 5.91 Å². The van der Waals surface area contributed by atoms with Gasteiger partial charge in [-0.15, -0.1) is 0 Å². The molecule has 1 atom stereocenters. The Bertz CT molecular complexity index is 631. The molecule has 0 aliphatic heterocycles. The van der Waals surface area contributed by atoms with Crippen molar-refractivity contribution >= 4 is 21.8 Å². The summed E-state index contributed by atoms with van der Waals surface area (Å²) in [5.74, 6) is 2.74. The minimum absolute atomic E-state index is 0.0529. The first kappa shape index (κ1) is 16.6. The number of carbonyl (C=O) groups is 1. The van der Waals surface area contributed by atoms with E-state index in [1.807, 2.05) is 25.5 Å². The van der Waals surface area contributed by atoms with Gasteiger partial charge in [-0.3, -0.25) is 9.48 Å². The fraction of sp³-hybridized carbons (Fsp3) is 0.789. The Hall–Kier alpha value is -0.840. The molecule has 0 saturated heterocycles. The van der Waals surface area contributed by atoms with Gasteiger partial charge in [0.25, 0.3) is 0 Å². The normalized spacial score (nSPS) is 35.2. The summed E-state index contributed by atoms with van der Waals surface area (Å²) in [5, 5.41) is 8.04. The lowest BCUT2D eigenvalue weighted by molar-refractivity contribution is -0.130. The van der Waals surface area contributed by atoms with Crippen molar-refractivity contribution < 1.29 is 4.79 Å². The van der Waals surface area contributed by atoms with E-state index in [-0.39, 0.29) is 17.4 Å². The predicted octanol–water partition coefficient (Wildman–Crippen LogP) is 3.98. The lowest BCUT2D eigenvalue weighted by Crippen LogP contribution is -2.60. The number of amides is 1. The number of aryl methyl sites for hydroxylation is 1. The van der Waals surface area contributed by atoms with Gasteiger partial charge in [-0.05, 0) is 86.1 Å². The molecule has 4 aliphatic carbocycles. The number of halogens is 1. The number of aromatic nitrogens is 2. The quantitative estimate of drug-likeness (QED) is 0.840. The van der Waals surface area contributed by atoms with Gasteiger partial charge in [-0.25, -0.2) is 0 Å². The van der Waals surface area contributed by atoms with Gasteiger partial charge in [-0.1, -0.05) is 6.92 Å². The van der Waals surface area contributed by atoms with Gasteiger partial charge in [0.15, 0.2) is 0 Å². The number of rotatable bonds is 4. The Balaban J connectivity index is 1.43. The summed E-state index contributed by atoms with van der Waals surface area (Å²) in [6.45, 7) is 6.72. The second kappa shape index (κ2) is 5.86. The van der Waals surface area contributed by atoms with E-state index < -0.39 is 0 Å². The lowest BCUT2D eigenvalue weighted by atomic mass is 9.53. The van der Waals surface area contributed by atoms with E-state index in [0.29, 0.717) is 6.54 Å². The topological polar surface area (TPSA) is 46.9 Å². The van der Waals surface area contributed by atoms with Crippen molar-refractivity contribution in [2.24, 2.45) is 23.7 Å². The molecule has 4 saturated carbocycles. The van der Waals surface area contributed by atoms with Crippen LogP contribution in [-0.2, 0) is 11.3 Å². The average Bonchev–Trinajstić information content (AvgIpc) is 2.72. The van der Waals surface area contributed by atoms with Gasteiger partial charge in [0, 0.05) is 11.2 Å². The van der Waals surface area contributed by atoms with E-state index in [4.69, 9.17) is 0 Å². The molecule has 5 heteroatoms. The van der Waals surface area contributed by atoms with Crippen molar-refractivity contribution in [1.29, 1.82) is 0 Å². The fourth-order valence-corrected chi connectivity index (χ4v) is 6.13. The monoisotopic (exact) mass is 393 g/mol. The Labute approximate surface area is 152 Å². The average molecular weight is 394 g/mol. The third-order valence-electron chi connectivity index (χ3n) is 6.61. The van der Waals surface area contributed by atoms with Crippen molar-refractivity contribution in [1.82, 2.24) is 15.1 Å². The molecule has 24 heavy (non-hydrogen) atoms. The largest absolute Gasteiger partial charge is 0.350 e. The van der Waals surface area contributed by atoms with Crippen LogP contribution in [0.3, 0.4) is 0 Å². The van der Waals surface area contributed by atoms with E-state index in [0.717, 1.165) is 33.6 Å². The number of nitrogens with one attached hydrogen (secondary N) is 1. The smallest absolute Gasteiger partial charge is 0.225 e. The highest BCUT2D eigenvalue weighted by Gasteiger charge is 2.51.